The lowest BCUT2D eigenvalue weighted by Crippen LogP contribution is -2.20. The Kier molecular flexibility index (Phi) is 4.78. The Balaban J connectivity index is 2.56. The van der Waals surface area contributed by atoms with Gasteiger partial charge in [-0.2, -0.15) is 0 Å². The van der Waals surface area contributed by atoms with Crippen molar-refractivity contribution in [1.29, 1.82) is 0 Å². The van der Waals surface area contributed by atoms with E-state index in [0.717, 1.165) is 42.6 Å². The molecule has 0 spiro atoms. The Morgan fingerprint density at radius 3 is 2.57 bits per heavy atom. The van der Waals surface area contributed by atoms with Gasteiger partial charge in [0, 0.05) is 23.6 Å². The van der Waals surface area contributed by atoms with Gasteiger partial charge >= 0.3 is 0 Å². The largest absolute Gasteiger partial charge is 0.366 e. The smallest absolute Gasteiger partial charge is 0.248 e. The van der Waals surface area contributed by atoms with Crippen molar-refractivity contribution in [3.05, 3.63) is 34.4 Å². The number of rotatable bonds is 5. The number of carbonyl (C=O) groups is 2. The first kappa shape index (κ1) is 15.7. The molecule has 21 heavy (non-hydrogen) atoms. The van der Waals surface area contributed by atoms with E-state index in [9.17, 15) is 9.59 Å². The third kappa shape index (κ3) is 3.00. The van der Waals surface area contributed by atoms with Crippen LogP contribution in [0.15, 0.2) is 12.1 Å². The second-order valence-electron chi connectivity index (χ2n) is 5.93. The molecule has 1 fully saturated rings. The highest BCUT2D eigenvalue weighted by atomic mass is 16.1. The molecule has 2 rings (SSSR count). The van der Waals surface area contributed by atoms with Crippen molar-refractivity contribution in [3.63, 3.8) is 0 Å². The Bertz CT molecular complexity index is 560. The molecule has 1 amide bonds. The van der Waals surface area contributed by atoms with Gasteiger partial charge in [0.15, 0.2) is 5.78 Å². The lowest BCUT2D eigenvalue weighted by molar-refractivity contribution is 0.0924. The molecule has 1 aliphatic heterocycles. The average molecular weight is 288 g/mol. The summed E-state index contributed by atoms with van der Waals surface area (Å²) in [5, 5.41) is 3.33. The molecule has 1 aromatic carbocycles. The monoisotopic (exact) mass is 288 g/mol. The highest BCUT2D eigenvalue weighted by Crippen LogP contribution is 2.32. The van der Waals surface area contributed by atoms with Crippen molar-refractivity contribution >= 4 is 11.7 Å². The summed E-state index contributed by atoms with van der Waals surface area (Å²) in [7, 11) is 0. The first-order valence-corrected chi connectivity index (χ1v) is 7.65. The van der Waals surface area contributed by atoms with Crippen LogP contribution in [0.1, 0.15) is 64.4 Å². The quantitative estimate of drug-likeness (QED) is 0.817. The Morgan fingerprint density at radius 2 is 2.05 bits per heavy atom. The van der Waals surface area contributed by atoms with Gasteiger partial charge in [-0.1, -0.05) is 19.9 Å². The van der Waals surface area contributed by atoms with Gasteiger partial charge < -0.3 is 11.1 Å². The minimum absolute atomic E-state index is 0.00283. The average Bonchev–Trinajstić information content (AvgIpc) is 2.98. The van der Waals surface area contributed by atoms with Crippen LogP contribution in [0.5, 0.6) is 0 Å². The van der Waals surface area contributed by atoms with Crippen molar-refractivity contribution in [2.75, 3.05) is 13.1 Å². The zero-order valence-corrected chi connectivity index (χ0v) is 13.0. The van der Waals surface area contributed by atoms with Gasteiger partial charge in [-0.25, -0.2) is 0 Å². The van der Waals surface area contributed by atoms with Crippen molar-refractivity contribution in [2.24, 2.45) is 11.7 Å². The summed E-state index contributed by atoms with van der Waals surface area (Å²) in [5.74, 6) is 0.0185. The standard InChI is InChI=1S/C17H24N2O2/c1-4-10(2)16(20)14-6-5-13(17(18)21)11(3)15(14)12-7-8-19-9-12/h5-6,10,12,19H,4,7-9H2,1-3H3,(H2,18,21). The molecule has 0 bridgehead atoms. The number of carbonyl (C=O) groups excluding carboxylic acids is 2. The van der Waals surface area contributed by atoms with Gasteiger partial charge in [0.05, 0.1) is 0 Å². The summed E-state index contributed by atoms with van der Waals surface area (Å²) >= 11 is 0. The van der Waals surface area contributed by atoms with Crippen LogP contribution in [0.25, 0.3) is 0 Å². The number of nitrogens with two attached hydrogens (primary N) is 1. The Labute approximate surface area is 126 Å². The molecular formula is C17H24N2O2. The fourth-order valence-corrected chi connectivity index (χ4v) is 3.09. The van der Waals surface area contributed by atoms with Crippen molar-refractivity contribution in [2.45, 2.75) is 39.5 Å². The van der Waals surface area contributed by atoms with Gasteiger partial charge in [0.1, 0.15) is 0 Å². The summed E-state index contributed by atoms with van der Waals surface area (Å²) in [4.78, 5) is 24.2. The Hall–Kier alpha value is -1.68. The molecule has 2 atom stereocenters. The van der Waals surface area contributed by atoms with Crippen LogP contribution >= 0.6 is 0 Å². The molecule has 1 saturated heterocycles. The van der Waals surface area contributed by atoms with Crippen molar-refractivity contribution in [3.8, 4) is 0 Å². The van der Waals surface area contributed by atoms with Gasteiger partial charge in [0.25, 0.3) is 0 Å². The zero-order chi connectivity index (χ0) is 15.6. The van der Waals surface area contributed by atoms with E-state index in [2.05, 4.69) is 5.32 Å². The third-order valence-electron chi connectivity index (χ3n) is 4.57. The summed E-state index contributed by atoms with van der Waals surface area (Å²) in [5.41, 5.74) is 8.63. The normalized spacial score (nSPS) is 19.5. The first-order valence-electron chi connectivity index (χ1n) is 7.65. The van der Waals surface area contributed by atoms with E-state index in [1.807, 2.05) is 20.8 Å². The molecule has 4 heteroatoms. The van der Waals surface area contributed by atoms with E-state index in [-0.39, 0.29) is 17.6 Å². The van der Waals surface area contributed by atoms with E-state index in [1.54, 1.807) is 12.1 Å². The molecule has 4 nitrogen and oxygen atoms in total. The summed E-state index contributed by atoms with van der Waals surface area (Å²) < 4.78 is 0. The van der Waals surface area contributed by atoms with Gasteiger partial charge in [0.2, 0.25) is 5.91 Å². The van der Waals surface area contributed by atoms with Crippen LogP contribution < -0.4 is 11.1 Å². The fraction of sp³-hybridized carbons (Fsp3) is 0.529. The Morgan fingerprint density at radius 1 is 1.38 bits per heavy atom. The third-order valence-corrected chi connectivity index (χ3v) is 4.57. The predicted molar refractivity (Wildman–Crippen MR) is 83.7 cm³/mol. The maximum atomic E-state index is 12.7. The lowest BCUT2D eigenvalue weighted by Gasteiger charge is -2.20. The number of primary amides is 1. The van der Waals surface area contributed by atoms with Crippen LogP contribution in [0.2, 0.25) is 0 Å². The summed E-state index contributed by atoms with van der Waals surface area (Å²) in [6, 6.07) is 3.48. The summed E-state index contributed by atoms with van der Waals surface area (Å²) in [6.07, 6.45) is 1.81. The number of hydrogen-bond donors (Lipinski definition) is 2. The molecule has 2 unspecified atom stereocenters. The van der Waals surface area contributed by atoms with Crippen LogP contribution in [-0.2, 0) is 0 Å². The van der Waals surface area contributed by atoms with E-state index in [1.165, 1.54) is 0 Å². The molecule has 0 saturated carbocycles. The van der Waals surface area contributed by atoms with Gasteiger partial charge in [-0.3, -0.25) is 9.59 Å². The minimum atomic E-state index is -0.428. The molecule has 3 N–H and O–H groups in total. The van der Waals surface area contributed by atoms with Crippen LogP contribution in [0.4, 0.5) is 0 Å². The number of nitrogens with one attached hydrogen (secondary N) is 1. The van der Waals surface area contributed by atoms with E-state index in [4.69, 9.17) is 5.73 Å². The number of hydrogen-bond acceptors (Lipinski definition) is 3. The van der Waals surface area contributed by atoms with E-state index in [0.29, 0.717) is 5.56 Å². The molecular weight excluding hydrogens is 264 g/mol. The fourth-order valence-electron chi connectivity index (χ4n) is 3.09. The van der Waals surface area contributed by atoms with Crippen molar-refractivity contribution in [1.82, 2.24) is 5.32 Å². The lowest BCUT2D eigenvalue weighted by atomic mass is 9.83. The highest BCUT2D eigenvalue weighted by molar-refractivity contribution is 6.02. The number of ketones is 1. The number of amides is 1. The van der Waals surface area contributed by atoms with E-state index >= 15 is 0 Å². The number of Topliss-reactive ketones (excluding diaryl/α,β-unsaturated/α-hetero) is 1. The molecule has 1 aliphatic rings. The van der Waals surface area contributed by atoms with Gasteiger partial charge in [-0.15, -0.1) is 0 Å². The molecule has 0 radical (unpaired) electrons. The SMILES string of the molecule is CCC(C)C(=O)c1ccc(C(N)=O)c(C)c1C1CCNC1. The topological polar surface area (TPSA) is 72.2 Å². The van der Waals surface area contributed by atoms with Crippen LogP contribution in [0.3, 0.4) is 0 Å². The predicted octanol–water partition coefficient (Wildman–Crippen LogP) is 2.40. The molecule has 114 valence electrons. The minimum Gasteiger partial charge on any atom is -0.366 e. The van der Waals surface area contributed by atoms with E-state index < -0.39 is 5.91 Å². The summed E-state index contributed by atoms with van der Waals surface area (Å²) in [6.45, 7) is 7.67. The molecule has 0 aliphatic carbocycles. The molecule has 1 heterocycles. The second kappa shape index (κ2) is 6.39. The van der Waals surface area contributed by atoms with Crippen LogP contribution in [0, 0.1) is 12.8 Å². The van der Waals surface area contributed by atoms with Gasteiger partial charge in [-0.05, 0) is 49.4 Å². The number of benzene rings is 1. The van der Waals surface area contributed by atoms with Crippen LogP contribution in [-0.4, -0.2) is 24.8 Å². The first-order chi connectivity index (χ1) is 9.97. The zero-order valence-electron chi connectivity index (χ0n) is 13.0. The maximum absolute atomic E-state index is 12.7. The molecule has 0 aromatic heterocycles. The highest BCUT2D eigenvalue weighted by Gasteiger charge is 2.27. The maximum Gasteiger partial charge on any atom is 0.248 e. The molecule has 1 aromatic rings. The van der Waals surface area contributed by atoms with Crippen molar-refractivity contribution < 1.29 is 9.59 Å². The second-order valence-corrected chi connectivity index (χ2v) is 5.93.